The number of carbonyl (C=O) groups is 2. The lowest BCUT2D eigenvalue weighted by molar-refractivity contribution is -0.151. The highest BCUT2D eigenvalue weighted by Crippen LogP contribution is 2.30. The molecular formula is C16H22N2O3. The third-order valence-electron chi connectivity index (χ3n) is 3.95. The molecule has 1 atom stereocenters. The van der Waals surface area contributed by atoms with Crippen LogP contribution in [0.3, 0.4) is 0 Å². The molecule has 5 heteroatoms. The van der Waals surface area contributed by atoms with Gasteiger partial charge in [0.05, 0.1) is 12.5 Å². The molecule has 1 unspecified atom stereocenters. The van der Waals surface area contributed by atoms with Crippen molar-refractivity contribution in [3.63, 3.8) is 0 Å². The average molecular weight is 290 g/mol. The second-order valence-electron chi connectivity index (χ2n) is 6.11. The number of methoxy groups -OCH3 is 1. The number of ether oxygens (including phenoxy) is 1. The predicted molar refractivity (Wildman–Crippen MR) is 79.8 cm³/mol. The van der Waals surface area contributed by atoms with Crippen LogP contribution in [0.15, 0.2) is 18.2 Å². The summed E-state index contributed by atoms with van der Waals surface area (Å²) < 4.78 is 4.80. The van der Waals surface area contributed by atoms with Crippen molar-refractivity contribution in [3.05, 3.63) is 34.9 Å². The average Bonchev–Trinajstić information content (AvgIpc) is 2.46. The standard InChI is InChI=1S/C16H22N2O3/c1-16(2,15(20)21-3)9-13(17)11-5-4-10-6-7-18-14(19)12(10)8-11/h4-5,8,13H,6-7,9,17H2,1-3H3,(H,18,19). The maximum Gasteiger partial charge on any atom is 0.311 e. The van der Waals surface area contributed by atoms with Gasteiger partial charge in [-0.1, -0.05) is 12.1 Å². The number of fused-ring (bicyclic) bond motifs is 1. The molecule has 0 aromatic heterocycles. The van der Waals surface area contributed by atoms with Crippen LogP contribution in [0.5, 0.6) is 0 Å². The monoisotopic (exact) mass is 290 g/mol. The molecule has 21 heavy (non-hydrogen) atoms. The Labute approximate surface area is 124 Å². The molecule has 0 saturated carbocycles. The van der Waals surface area contributed by atoms with Crippen molar-refractivity contribution < 1.29 is 14.3 Å². The summed E-state index contributed by atoms with van der Waals surface area (Å²) >= 11 is 0. The van der Waals surface area contributed by atoms with Gasteiger partial charge >= 0.3 is 5.97 Å². The van der Waals surface area contributed by atoms with Gasteiger partial charge in [0.2, 0.25) is 0 Å². The summed E-state index contributed by atoms with van der Waals surface area (Å²) in [5, 5.41) is 2.83. The summed E-state index contributed by atoms with van der Waals surface area (Å²) in [4.78, 5) is 23.6. The molecule has 0 bridgehead atoms. The molecule has 0 fully saturated rings. The quantitative estimate of drug-likeness (QED) is 0.825. The SMILES string of the molecule is COC(=O)C(C)(C)CC(N)c1ccc2c(c1)C(=O)NCC2. The van der Waals surface area contributed by atoms with Crippen LogP contribution >= 0.6 is 0 Å². The van der Waals surface area contributed by atoms with Crippen LogP contribution in [0.2, 0.25) is 0 Å². The first kappa shape index (κ1) is 15.5. The molecule has 0 radical (unpaired) electrons. The van der Waals surface area contributed by atoms with Gasteiger partial charge in [0.15, 0.2) is 0 Å². The van der Waals surface area contributed by atoms with E-state index in [0.29, 0.717) is 18.5 Å². The Morgan fingerprint density at radius 1 is 1.48 bits per heavy atom. The Morgan fingerprint density at radius 3 is 2.86 bits per heavy atom. The first-order chi connectivity index (χ1) is 9.85. The topological polar surface area (TPSA) is 81.4 Å². The lowest BCUT2D eigenvalue weighted by Crippen LogP contribution is -2.33. The van der Waals surface area contributed by atoms with Crippen molar-refractivity contribution in [3.8, 4) is 0 Å². The van der Waals surface area contributed by atoms with Gasteiger partial charge < -0.3 is 15.8 Å². The van der Waals surface area contributed by atoms with Crippen LogP contribution in [0.4, 0.5) is 0 Å². The maximum absolute atomic E-state index is 11.9. The van der Waals surface area contributed by atoms with E-state index >= 15 is 0 Å². The number of nitrogens with one attached hydrogen (secondary N) is 1. The van der Waals surface area contributed by atoms with E-state index in [-0.39, 0.29) is 17.9 Å². The molecule has 114 valence electrons. The molecule has 1 aromatic rings. The molecule has 1 aliphatic rings. The van der Waals surface area contributed by atoms with Crippen molar-refractivity contribution in [2.24, 2.45) is 11.1 Å². The smallest absolute Gasteiger partial charge is 0.311 e. The molecule has 1 aromatic carbocycles. The fourth-order valence-electron chi connectivity index (χ4n) is 2.69. The van der Waals surface area contributed by atoms with Gasteiger partial charge in [-0.05, 0) is 43.9 Å². The zero-order valence-corrected chi connectivity index (χ0v) is 12.7. The van der Waals surface area contributed by atoms with E-state index in [0.717, 1.165) is 17.5 Å². The number of esters is 1. The van der Waals surface area contributed by atoms with E-state index in [4.69, 9.17) is 10.5 Å². The third kappa shape index (κ3) is 3.24. The van der Waals surface area contributed by atoms with E-state index in [1.54, 1.807) is 0 Å². The fourth-order valence-corrected chi connectivity index (χ4v) is 2.69. The predicted octanol–water partition coefficient (Wildman–Crippen LogP) is 1.56. The molecule has 1 aliphatic heterocycles. The van der Waals surface area contributed by atoms with Crippen molar-refractivity contribution >= 4 is 11.9 Å². The lowest BCUT2D eigenvalue weighted by atomic mass is 9.83. The number of benzene rings is 1. The van der Waals surface area contributed by atoms with Gasteiger partial charge in [0.1, 0.15) is 0 Å². The van der Waals surface area contributed by atoms with Crippen LogP contribution in [0, 0.1) is 5.41 Å². The van der Waals surface area contributed by atoms with Crippen LogP contribution in [-0.4, -0.2) is 25.5 Å². The zero-order chi connectivity index (χ0) is 15.6. The van der Waals surface area contributed by atoms with Crippen molar-refractivity contribution in [1.82, 2.24) is 5.32 Å². The minimum absolute atomic E-state index is 0.0578. The number of nitrogens with two attached hydrogens (primary N) is 1. The second kappa shape index (κ2) is 5.85. The van der Waals surface area contributed by atoms with Crippen molar-refractivity contribution in [1.29, 1.82) is 0 Å². The highest BCUT2D eigenvalue weighted by Gasteiger charge is 2.31. The number of hydrogen-bond acceptors (Lipinski definition) is 4. The minimum atomic E-state index is -0.660. The van der Waals surface area contributed by atoms with Gasteiger partial charge in [-0.25, -0.2) is 0 Å². The summed E-state index contributed by atoms with van der Waals surface area (Å²) in [5.74, 6) is -0.341. The normalized spacial score (nSPS) is 15.9. The van der Waals surface area contributed by atoms with E-state index in [1.165, 1.54) is 7.11 Å². The number of carbonyl (C=O) groups excluding carboxylic acids is 2. The summed E-state index contributed by atoms with van der Waals surface area (Å²) in [6.45, 7) is 4.29. The van der Waals surface area contributed by atoms with E-state index < -0.39 is 5.41 Å². The molecular weight excluding hydrogens is 268 g/mol. The molecule has 0 spiro atoms. The Bertz CT molecular complexity index is 567. The summed E-state index contributed by atoms with van der Waals surface area (Å²) in [7, 11) is 1.37. The number of rotatable bonds is 4. The Morgan fingerprint density at radius 2 is 2.19 bits per heavy atom. The molecule has 0 aliphatic carbocycles. The van der Waals surface area contributed by atoms with Crippen molar-refractivity contribution in [2.45, 2.75) is 32.7 Å². The Balaban J connectivity index is 2.20. The van der Waals surface area contributed by atoms with Crippen LogP contribution < -0.4 is 11.1 Å². The zero-order valence-electron chi connectivity index (χ0n) is 12.7. The molecule has 0 saturated heterocycles. The fraction of sp³-hybridized carbons (Fsp3) is 0.500. The molecule has 5 nitrogen and oxygen atoms in total. The lowest BCUT2D eigenvalue weighted by Gasteiger charge is -2.26. The van der Waals surface area contributed by atoms with E-state index in [9.17, 15) is 9.59 Å². The van der Waals surface area contributed by atoms with Gasteiger partial charge in [-0.3, -0.25) is 9.59 Å². The van der Waals surface area contributed by atoms with E-state index in [1.807, 2.05) is 32.0 Å². The van der Waals surface area contributed by atoms with Crippen LogP contribution in [-0.2, 0) is 16.0 Å². The minimum Gasteiger partial charge on any atom is -0.469 e. The van der Waals surface area contributed by atoms with Gasteiger partial charge in [0, 0.05) is 18.2 Å². The van der Waals surface area contributed by atoms with Gasteiger partial charge in [-0.15, -0.1) is 0 Å². The summed E-state index contributed by atoms with van der Waals surface area (Å²) in [6.07, 6.45) is 1.30. The summed E-state index contributed by atoms with van der Waals surface area (Å²) in [6, 6.07) is 5.41. The highest BCUT2D eigenvalue weighted by atomic mass is 16.5. The van der Waals surface area contributed by atoms with Crippen LogP contribution in [0.1, 0.15) is 47.8 Å². The molecule has 1 heterocycles. The van der Waals surface area contributed by atoms with E-state index in [2.05, 4.69) is 5.32 Å². The van der Waals surface area contributed by atoms with Gasteiger partial charge in [0.25, 0.3) is 5.91 Å². The Kier molecular flexibility index (Phi) is 4.32. The first-order valence-corrected chi connectivity index (χ1v) is 7.10. The van der Waals surface area contributed by atoms with Crippen molar-refractivity contribution in [2.75, 3.05) is 13.7 Å². The highest BCUT2D eigenvalue weighted by molar-refractivity contribution is 5.96. The summed E-state index contributed by atoms with van der Waals surface area (Å²) in [5.41, 5.74) is 8.14. The molecule has 2 rings (SSSR count). The van der Waals surface area contributed by atoms with Gasteiger partial charge in [-0.2, -0.15) is 0 Å². The molecule has 3 N–H and O–H groups in total. The molecule has 1 amide bonds. The number of amides is 1. The largest absolute Gasteiger partial charge is 0.469 e. The first-order valence-electron chi connectivity index (χ1n) is 7.10. The Hall–Kier alpha value is -1.88. The third-order valence-corrected chi connectivity index (χ3v) is 3.95. The van der Waals surface area contributed by atoms with Crippen LogP contribution in [0.25, 0.3) is 0 Å². The maximum atomic E-state index is 11.9. The number of hydrogen-bond donors (Lipinski definition) is 2. The second-order valence-corrected chi connectivity index (χ2v) is 6.11.